The molecule has 18 heavy (non-hydrogen) atoms. The highest BCUT2D eigenvalue weighted by molar-refractivity contribution is 7.07. The summed E-state index contributed by atoms with van der Waals surface area (Å²) in [5, 5.41) is 0.531. The van der Waals surface area contributed by atoms with Crippen LogP contribution in [-0.2, 0) is 6.42 Å². The molecular formula is C12H15N3O2S. The van der Waals surface area contributed by atoms with Crippen LogP contribution in [0.2, 0.25) is 0 Å². The van der Waals surface area contributed by atoms with Crippen LogP contribution in [0.3, 0.4) is 0 Å². The van der Waals surface area contributed by atoms with E-state index in [9.17, 15) is 0 Å². The number of hydrogen-bond donors (Lipinski definition) is 1. The van der Waals surface area contributed by atoms with Crippen molar-refractivity contribution in [3.63, 3.8) is 0 Å². The van der Waals surface area contributed by atoms with E-state index in [1.165, 1.54) is 11.5 Å². The van der Waals surface area contributed by atoms with Crippen LogP contribution in [0.5, 0.6) is 16.7 Å². The van der Waals surface area contributed by atoms with Gasteiger partial charge in [0.1, 0.15) is 17.3 Å². The molecule has 2 rings (SSSR count). The van der Waals surface area contributed by atoms with Crippen LogP contribution in [0.4, 0.5) is 5.69 Å². The quantitative estimate of drug-likeness (QED) is 0.842. The maximum atomic E-state index is 5.80. The Morgan fingerprint density at radius 2 is 2.22 bits per heavy atom. The molecule has 0 atom stereocenters. The summed E-state index contributed by atoms with van der Waals surface area (Å²) in [4.78, 5) is 4.28. The van der Waals surface area contributed by atoms with Gasteiger partial charge in [-0.3, -0.25) is 0 Å². The minimum absolute atomic E-state index is 0.531. The zero-order valence-corrected chi connectivity index (χ0v) is 11.2. The van der Waals surface area contributed by atoms with Gasteiger partial charge in [-0.1, -0.05) is 6.92 Å². The number of benzene rings is 1. The van der Waals surface area contributed by atoms with E-state index >= 15 is 0 Å². The Balaban J connectivity index is 2.10. The number of anilines is 1. The molecule has 96 valence electrons. The molecule has 0 aliphatic carbocycles. The SMILES string of the molecule is CCCc1nsc(Oc2ccc(OC)c(N)c2)n1. The number of ether oxygens (including phenoxy) is 2. The molecule has 6 heteroatoms. The topological polar surface area (TPSA) is 70.3 Å². The summed E-state index contributed by atoms with van der Waals surface area (Å²) < 4.78 is 14.9. The number of aromatic nitrogens is 2. The Morgan fingerprint density at radius 1 is 1.39 bits per heavy atom. The van der Waals surface area contributed by atoms with Gasteiger partial charge in [0.2, 0.25) is 0 Å². The maximum Gasteiger partial charge on any atom is 0.298 e. The third kappa shape index (κ3) is 2.89. The average molecular weight is 265 g/mol. The Hall–Kier alpha value is -1.82. The van der Waals surface area contributed by atoms with Crippen molar-refractivity contribution in [3.8, 4) is 16.7 Å². The van der Waals surface area contributed by atoms with Crippen LogP contribution in [-0.4, -0.2) is 16.5 Å². The first kappa shape index (κ1) is 12.6. The zero-order chi connectivity index (χ0) is 13.0. The minimum Gasteiger partial charge on any atom is -0.495 e. The van der Waals surface area contributed by atoms with Crippen LogP contribution < -0.4 is 15.2 Å². The zero-order valence-electron chi connectivity index (χ0n) is 10.3. The van der Waals surface area contributed by atoms with E-state index in [4.69, 9.17) is 15.2 Å². The summed E-state index contributed by atoms with van der Waals surface area (Å²) in [5.74, 6) is 2.08. The minimum atomic E-state index is 0.531. The van der Waals surface area contributed by atoms with Crippen LogP contribution in [0.25, 0.3) is 0 Å². The van der Waals surface area contributed by atoms with Crippen molar-refractivity contribution in [3.05, 3.63) is 24.0 Å². The summed E-state index contributed by atoms with van der Waals surface area (Å²) in [6.07, 6.45) is 1.89. The summed E-state index contributed by atoms with van der Waals surface area (Å²) in [6.45, 7) is 2.09. The number of nitrogen functional groups attached to an aromatic ring is 1. The summed E-state index contributed by atoms with van der Waals surface area (Å²) in [5.41, 5.74) is 6.34. The summed E-state index contributed by atoms with van der Waals surface area (Å²) in [7, 11) is 1.58. The fraction of sp³-hybridized carbons (Fsp3) is 0.333. The van der Waals surface area contributed by atoms with E-state index in [0.717, 1.165) is 18.7 Å². The van der Waals surface area contributed by atoms with Gasteiger partial charge in [-0.2, -0.15) is 9.36 Å². The standard InChI is InChI=1S/C12H15N3O2S/c1-3-4-11-14-12(18-15-11)17-8-5-6-10(16-2)9(13)7-8/h5-7H,3-4,13H2,1-2H3. The van der Waals surface area contributed by atoms with Gasteiger partial charge in [0.05, 0.1) is 12.8 Å². The number of hydrogen-bond acceptors (Lipinski definition) is 6. The summed E-state index contributed by atoms with van der Waals surface area (Å²) in [6, 6.07) is 5.26. The molecule has 0 radical (unpaired) electrons. The monoisotopic (exact) mass is 265 g/mol. The van der Waals surface area contributed by atoms with Gasteiger partial charge >= 0.3 is 0 Å². The van der Waals surface area contributed by atoms with E-state index in [0.29, 0.717) is 22.4 Å². The van der Waals surface area contributed by atoms with Crippen LogP contribution in [0.1, 0.15) is 19.2 Å². The third-order valence-corrected chi connectivity index (χ3v) is 2.96. The van der Waals surface area contributed by atoms with Crippen LogP contribution in [0, 0.1) is 0 Å². The van der Waals surface area contributed by atoms with Gasteiger partial charge in [-0.05, 0) is 18.6 Å². The molecule has 0 aliphatic rings. The molecule has 0 saturated carbocycles. The van der Waals surface area contributed by atoms with Crippen LogP contribution in [0.15, 0.2) is 18.2 Å². The van der Waals surface area contributed by atoms with Gasteiger partial charge in [0.25, 0.3) is 5.19 Å². The highest BCUT2D eigenvalue weighted by Gasteiger charge is 2.07. The lowest BCUT2D eigenvalue weighted by Crippen LogP contribution is -1.93. The number of nitrogens with two attached hydrogens (primary N) is 1. The van der Waals surface area contributed by atoms with Crippen molar-refractivity contribution >= 4 is 17.2 Å². The van der Waals surface area contributed by atoms with Crippen LogP contribution >= 0.6 is 11.5 Å². The molecule has 0 aliphatic heterocycles. The Kier molecular flexibility index (Phi) is 3.99. The van der Waals surface area contributed by atoms with E-state index < -0.39 is 0 Å². The average Bonchev–Trinajstić information content (AvgIpc) is 2.77. The molecule has 5 nitrogen and oxygen atoms in total. The molecule has 0 saturated heterocycles. The molecular weight excluding hydrogens is 250 g/mol. The second-order valence-corrected chi connectivity index (χ2v) is 4.45. The van der Waals surface area contributed by atoms with Gasteiger partial charge in [-0.15, -0.1) is 0 Å². The highest BCUT2D eigenvalue weighted by atomic mass is 32.1. The largest absolute Gasteiger partial charge is 0.495 e. The summed E-state index contributed by atoms with van der Waals surface area (Å²) >= 11 is 1.24. The smallest absolute Gasteiger partial charge is 0.298 e. The lowest BCUT2D eigenvalue weighted by atomic mass is 10.3. The molecule has 0 bridgehead atoms. The Morgan fingerprint density at radius 3 is 2.89 bits per heavy atom. The van der Waals surface area contributed by atoms with Crippen molar-refractivity contribution in [2.24, 2.45) is 0 Å². The molecule has 2 N–H and O–H groups in total. The first-order chi connectivity index (χ1) is 8.72. The number of rotatable bonds is 5. The van der Waals surface area contributed by atoms with Crippen molar-refractivity contribution in [2.75, 3.05) is 12.8 Å². The predicted octanol–water partition coefficient (Wildman–Crippen LogP) is 2.87. The fourth-order valence-corrected chi connectivity index (χ4v) is 2.08. The van der Waals surface area contributed by atoms with E-state index in [2.05, 4.69) is 16.3 Å². The molecule has 1 heterocycles. The second kappa shape index (κ2) is 5.68. The normalized spacial score (nSPS) is 10.3. The van der Waals surface area contributed by atoms with Crippen molar-refractivity contribution < 1.29 is 9.47 Å². The number of nitrogens with zero attached hydrogens (tertiary/aromatic N) is 2. The number of aryl methyl sites for hydroxylation is 1. The third-order valence-electron chi connectivity index (χ3n) is 2.33. The fourth-order valence-electron chi connectivity index (χ4n) is 1.48. The van der Waals surface area contributed by atoms with Gasteiger partial charge < -0.3 is 15.2 Å². The van der Waals surface area contributed by atoms with Gasteiger partial charge in [-0.25, -0.2) is 0 Å². The van der Waals surface area contributed by atoms with Crippen molar-refractivity contribution in [1.29, 1.82) is 0 Å². The first-order valence-electron chi connectivity index (χ1n) is 5.67. The molecule has 0 fully saturated rings. The molecule has 1 aromatic carbocycles. The van der Waals surface area contributed by atoms with Gasteiger partial charge in [0.15, 0.2) is 0 Å². The lowest BCUT2D eigenvalue weighted by molar-refractivity contribution is 0.415. The van der Waals surface area contributed by atoms with E-state index in [-0.39, 0.29) is 0 Å². The lowest BCUT2D eigenvalue weighted by Gasteiger charge is -2.06. The maximum absolute atomic E-state index is 5.80. The molecule has 2 aromatic rings. The molecule has 0 unspecified atom stereocenters. The van der Waals surface area contributed by atoms with Crippen molar-refractivity contribution in [2.45, 2.75) is 19.8 Å². The van der Waals surface area contributed by atoms with E-state index in [1.54, 1.807) is 25.3 Å². The van der Waals surface area contributed by atoms with Crippen molar-refractivity contribution in [1.82, 2.24) is 9.36 Å². The van der Waals surface area contributed by atoms with Gasteiger partial charge in [0, 0.05) is 24.0 Å². The highest BCUT2D eigenvalue weighted by Crippen LogP contribution is 2.29. The molecule has 0 spiro atoms. The first-order valence-corrected chi connectivity index (χ1v) is 6.44. The Bertz CT molecular complexity index is 528. The molecule has 0 amide bonds. The van der Waals surface area contributed by atoms with E-state index in [1.807, 2.05) is 0 Å². The molecule has 1 aromatic heterocycles. The number of methoxy groups -OCH3 is 1. The predicted molar refractivity (Wildman–Crippen MR) is 71.4 cm³/mol. The Labute approximate surface area is 110 Å². The second-order valence-electron chi connectivity index (χ2n) is 3.73.